The van der Waals surface area contributed by atoms with Crippen molar-refractivity contribution in [1.29, 1.82) is 0 Å². The third-order valence-corrected chi connectivity index (χ3v) is 20.0. The van der Waals surface area contributed by atoms with Crippen LogP contribution < -0.4 is 52.8 Å². The summed E-state index contributed by atoms with van der Waals surface area (Å²) in [5.74, 6) is 0. The quantitative estimate of drug-likeness (QED) is 0.172. The Morgan fingerprint density at radius 2 is 0.642 bits per heavy atom. The van der Waals surface area contributed by atoms with E-state index < -0.39 is 8.07 Å². The summed E-state index contributed by atoms with van der Waals surface area (Å²) in [6.45, 7) is 16.3. The fourth-order valence-electron chi connectivity index (χ4n) is 8.47. The van der Waals surface area contributed by atoms with E-state index in [0.717, 1.165) is 0 Å². The molecule has 1 aliphatic carbocycles. The average molecular weight is 804 g/mol. The van der Waals surface area contributed by atoms with E-state index in [4.69, 9.17) is 0 Å². The van der Waals surface area contributed by atoms with E-state index in [0.29, 0.717) is 0 Å². The SMILES string of the molecule is CC1=C(C)[C]([Ti+3])([Si](c2ccc(C)c(-c3ccccc3)c2)(c2ccc(C)c(-c3ccccc3)c2)c2ccc(C)c(-c3ccccc3)c2)C(C)=C1C.[Cl-].[Cl-].[Cl-]. The summed E-state index contributed by atoms with van der Waals surface area (Å²) in [5.41, 5.74) is 17.5. The van der Waals surface area contributed by atoms with E-state index in [2.05, 4.69) is 214 Å². The van der Waals surface area contributed by atoms with Crippen molar-refractivity contribution >= 4 is 23.6 Å². The summed E-state index contributed by atoms with van der Waals surface area (Å²) in [6, 6.07) is 55.2. The van der Waals surface area contributed by atoms with Gasteiger partial charge in [-0.1, -0.05) is 0 Å². The van der Waals surface area contributed by atoms with Gasteiger partial charge in [-0.05, 0) is 0 Å². The second-order valence-corrected chi connectivity index (χ2v) is 20.1. The summed E-state index contributed by atoms with van der Waals surface area (Å²) in [4.78, 5) is 0. The van der Waals surface area contributed by atoms with Gasteiger partial charge in [-0.25, -0.2) is 0 Å². The third kappa shape index (κ3) is 7.02. The van der Waals surface area contributed by atoms with Crippen molar-refractivity contribution in [2.45, 2.75) is 51.8 Å². The van der Waals surface area contributed by atoms with Crippen molar-refractivity contribution in [2.24, 2.45) is 0 Å². The molecule has 7 rings (SSSR count). The minimum atomic E-state index is -3.00. The molecule has 6 aromatic carbocycles. The number of hydrogen-bond donors (Lipinski definition) is 0. The van der Waals surface area contributed by atoms with Crippen molar-refractivity contribution < 1.29 is 57.7 Å². The van der Waals surface area contributed by atoms with Crippen LogP contribution in [0.25, 0.3) is 33.4 Å². The summed E-state index contributed by atoms with van der Waals surface area (Å²) < 4.78 is -0.225. The van der Waals surface area contributed by atoms with Gasteiger partial charge in [0.15, 0.2) is 0 Å². The molecule has 0 fully saturated rings. The van der Waals surface area contributed by atoms with Gasteiger partial charge in [0.1, 0.15) is 0 Å². The first-order valence-electron chi connectivity index (χ1n) is 17.7. The van der Waals surface area contributed by atoms with E-state index in [1.165, 1.54) is 87.9 Å². The third-order valence-electron chi connectivity index (χ3n) is 11.6. The largest absolute Gasteiger partial charge is 1.00 e. The molecule has 266 valence electrons. The van der Waals surface area contributed by atoms with E-state index in [1.807, 2.05) is 0 Å². The molecular weight excluding hydrogens is 759 g/mol. The second kappa shape index (κ2) is 17.0. The monoisotopic (exact) mass is 802 g/mol. The van der Waals surface area contributed by atoms with Crippen molar-refractivity contribution in [1.82, 2.24) is 0 Å². The number of benzene rings is 6. The van der Waals surface area contributed by atoms with E-state index >= 15 is 0 Å². The van der Waals surface area contributed by atoms with Gasteiger partial charge >= 0.3 is 314 Å². The molecule has 0 aliphatic heterocycles. The van der Waals surface area contributed by atoms with Crippen LogP contribution in [0.3, 0.4) is 0 Å². The molecule has 0 aromatic heterocycles. The fourth-order valence-corrected chi connectivity index (χ4v) is 17.0. The van der Waals surface area contributed by atoms with Crippen LogP contribution in [-0.4, -0.2) is 8.07 Å². The van der Waals surface area contributed by atoms with Gasteiger partial charge in [0.2, 0.25) is 0 Å². The Morgan fingerprint density at radius 3 is 0.906 bits per heavy atom. The van der Waals surface area contributed by atoms with Crippen LogP contribution >= 0.6 is 0 Å². The maximum Gasteiger partial charge on any atom is -1.00 e. The van der Waals surface area contributed by atoms with Crippen LogP contribution in [0.15, 0.2) is 168 Å². The maximum atomic E-state index is 2.58. The molecule has 0 bridgehead atoms. The Labute approximate surface area is 348 Å². The van der Waals surface area contributed by atoms with Gasteiger partial charge in [-0.3, -0.25) is 0 Å². The molecule has 0 atom stereocenters. The first-order valence-corrected chi connectivity index (χ1v) is 20.5. The number of hydrogen-bond acceptors (Lipinski definition) is 0. The molecule has 1 aliphatic rings. The van der Waals surface area contributed by atoms with Crippen molar-refractivity contribution in [3.05, 3.63) is 185 Å². The number of rotatable bonds is 7. The van der Waals surface area contributed by atoms with E-state index in [9.17, 15) is 0 Å². The molecule has 0 heterocycles. The Balaban J connectivity index is 0.00000209. The Hall–Kier alpha value is -3.40. The van der Waals surface area contributed by atoms with Crippen LogP contribution in [0, 0.1) is 20.8 Å². The fraction of sp³-hybridized carbons (Fsp3) is 0.167. The molecule has 0 saturated heterocycles. The van der Waals surface area contributed by atoms with E-state index in [1.54, 1.807) is 0 Å². The summed E-state index contributed by atoms with van der Waals surface area (Å²) in [6.07, 6.45) is 0. The molecular formula is C48H45Cl3SiTi. The topological polar surface area (TPSA) is 0 Å². The number of allylic oxidation sites excluding steroid dienone is 4. The molecule has 0 nitrogen and oxygen atoms in total. The van der Waals surface area contributed by atoms with Gasteiger partial charge in [0, 0.05) is 0 Å². The van der Waals surface area contributed by atoms with Gasteiger partial charge in [-0.2, -0.15) is 0 Å². The summed E-state index contributed by atoms with van der Waals surface area (Å²) in [5, 5.41) is 4.32. The zero-order valence-corrected chi connectivity index (χ0v) is 36.3. The molecule has 0 amide bonds. The van der Waals surface area contributed by atoms with Gasteiger partial charge in [0.25, 0.3) is 0 Å². The van der Waals surface area contributed by atoms with Gasteiger partial charge < -0.3 is 37.2 Å². The second-order valence-electron chi connectivity index (χ2n) is 14.2. The maximum absolute atomic E-state index is 3.00. The smallest absolute Gasteiger partial charge is 1.00 e. The predicted molar refractivity (Wildman–Crippen MR) is 214 cm³/mol. The molecule has 0 unspecified atom stereocenters. The summed E-state index contributed by atoms with van der Waals surface area (Å²) >= 11 is 2.58. The molecule has 5 heteroatoms. The van der Waals surface area contributed by atoms with Gasteiger partial charge in [0.05, 0.1) is 0 Å². The predicted octanol–water partition coefficient (Wildman–Crippen LogP) is 2.03. The van der Waals surface area contributed by atoms with Crippen LogP contribution in [0.2, 0.25) is 3.34 Å². The van der Waals surface area contributed by atoms with Crippen LogP contribution in [0.5, 0.6) is 0 Å². The number of aryl methyl sites for hydroxylation is 3. The van der Waals surface area contributed by atoms with E-state index in [-0.39, 0.29) is 40.6 Å². The standard InChI is InChI=1S/C48H45Si.3ClH.Ti/c1-32-23-26-42(29-45(32)39-17-11-8-12-18-39)49(48-37(6)35(4)36(5)38(48)7,43-27-24-33(2)46(30-43)40-19-13-9-14-20-40)44-28-25-34(3)47(31-44)41-21-15-10-16-22-41;;;;/h8-31H,1-7H3;3*1H;/q;;;;+3/p-3. The molecule has 0 saturated carbocycles. The van der Waals surface area contributed by atoms with Crippen molar-refractivity contribution in [3.63, 3.8) is 0 Å². The molecule has 0 radical (unpaired) electrons. The molecule has 53 heavy (non-hydrogen) atoms. The minimum Gasteiger partial charge on any atom is -1.00 e. The first-order chi connectivity index (χ1) is 24.1. The van der Waals surface area contributed by atoms with Gasteiger partial charge in [-0.15, -0.1) is 0 Å². The Morgan fingerprint density at radius 1 is 0.377 bits per heavy atom. The Bertz CT molecular complexity index is 2060. The molecule has 0 spiro atoms. The van der Waals surface area contributed by atoms with Crippen molar-refractivity contribution in [3.8, 4) is 33.4 Å². The minimum absolute atomic E-state index is 0. The van der Waals surface area contributed by atoms with Crippen LogP contribution in [0.1, 0.15) is 44.4 Å². The molecule has 0 N–H and O–H groups in total. The van der Waals surface area contributed by atoms with Crippen molar-refractivity contribution in [2.75, 3.05) is 0 Å². The zero-order valence-electron chi connectivity index (χ0n) is 31.5. The Kier molecular flexibility index (Phi) is 13.5. The summed E-state index contributed by atoms with van der Waals surface area (Å²) in [7, 11) is -3.00. The first kappa shape index (κ1) is 42.3. The molecule has 6 aromatic rings. The van der Waals surface area contributed by atoms with Crippen LogP contribution in [0.4, 0.5) is 0 Å². The zero-order chi connectivity index (χ0) is 35.2. The average Bonchev–Trinajstić information content (AvgIpc) is 3.30. The number of halogens is 3. The normalized spacial score (nSPS) is 13.6. The van der Waals surface area contributed by atoms with Crippen LogP contribution in [-0.2, 0) is 20.4 Å².